The fourth-order valence-corrected chi connectivity index (χ4v) is 6.39. The number of fused-ring (bicyclic) bond motifs is 1. The zero-order chi connectivity index (χ0) is 33.8. The molecule has 3 heterocycles. The molecule has 0 aliphatic carbocycles. The average molecular weight is 657 g/mol. The molecule has 1 saturated heterocycles. The van der Waals surface area contributed by atoms with E-state index in [0.29, 0.717) is 28.8 Å². The molecule has 10 nitrogen and oxygen atoms in total. The summed E-state index contributed by atoms with van der Waals surface area (Å²) in [5.74, 6) is 1.57. The molecule has 0 saturated carbocycles. The number of nitrogens with zero attached hydrogens (tertiary/aromatic N) is 3. The molecule has 1 aliphatic rings. The van der Waals surface area contributed by atoms with Crippen molar-refractivity contribution in [2.24, 2.45) is 0 Å². The van der Waals surface area contributed by atoms with E-state index < -0.39 is 24.0 Å². The minimum atomic E-state index is -1.06. The topological polar surface area (TPSA) is 117 Å². The third-order valence-electron chi connectivity index (χ3n) is 8.93. The van der Waals surface area contributed by atoms with Gasteiger partial charge in [-0.05, 0) is 59.2 Å². The van der Waals surface area contributed by atoms with Crippen LogP contribution in [0.2, 0.25) is 0 Å². The molecule has 2 aromatic heterocycles. The summed E-state index contributed by atoms with van der Waals surface area (Å²) in [7, 11) is 3.27. The van der Waals surface area contributed by atoms with Gasteiger partial charge in [-0.1, -0.05) is 72.8 Å². The Morgan fingerprint density at radius 3 is 2.04 bits per heavy atom. The Labute approximate surface area is 283 Å². The number of carbonyl (C=O) groups excluding carboxylic acids is 1. The Hall–Kier alpha value is -5.55. The standard InChI is InChI=1S/C39H36N4O6/c1-46-30-17-13-28(14-18-30)39(27-11-7-4-8-12-27,29-15-19-31(47-2)20-16-29)48-24-34-33(44)23-35(49-34)43-22-21-32-36(40-25-41-37(32)43)42-38(45)26-9-5-3-6-10-26/h3-22,25,33-35,44H,23-24H2,1-2H3,(H,40,41,42,45)/t33-,34-,35-/m1/s1. The predicted molar refractivity (Wildman–Crippen MR) is 185 cm³/mol. The van der Waals surface area contributed by atoms with Gasteiger partial charge in [-0.3, -0.25) is 4.79 Å². The Balaban J connectivity index is 1.18. The Morgan fingerprint density at radius 1 is 0.837 bits per heavy atom. The minimum absolute atomic E-state index is 0.0805. The van der Waals surface area contributed by atoms with Crippen LogP contribution < -0.4 is 14.8 Å². The summed E-state index contributed by atoms with van der Waals surface area (Å²) in [6, 6.07) is 36.4. The number of benzene rings is 4. The van der Waals surface area contributed by atoms with Crippen molar-refractivity contribution in [1.82, 2.24) is 14.5 Å². The van der Waals surface area contributed by atoms with Gasteiger partial charge in [-0.25, -0.2) is 9.97 Å². The maximum Gasteiger partial charge on any atom is 0.256 e. The number of methoxy groups -OCH3 is 2. The van der Waals surface area contributed by atoms with E-state index >= 15 is 0 Å². The van der Waals surface area contributed by atoms with Gasteiger partial charge >= 0.3 is 0 Å². The van der Waals surface area contributed by atoms with Gasteiger partial charge in [0.15, 0.2) is 0 Å². The fourth-order valence-electron chi connectivity index (χ4n) is 6.39. The second kappa shape index (κ2) is 13.9. The molecule has 248 valence electrons. The van der Waals surface area contributed by atoms with Crippen LogP contribution in [0.25, 0.3) is 11.0 Å². The number of carbonyl (C=O) groups is 1. The molecule has 1 fully saturated rings. The Kier molecular flexibility index (Phi) is 9.08. The van der Waals surface area contributed by atoms with Crippen LogP contribution in [0.5, 0.6) is 11.5 Å². The Bertz CT molecular complexity index is 1970. The highest BCUT2D eigenvalue weighted by Crippen LogP contribution is 2.43. The first-order valence-corrected chi connectivity index (χ1v) is 16.0. The van der Waals surface area contributed by atoms with Crippen molar-refractivity contribution in [3.8, 4) is 11.5 Å². The molecule has 0 spiro atoms. The van der Waals surface area contributed by atoms with Crippen molar-refractivity contribution in [3.05, 3.63) is 150 Å². The van der Waals surface area contributed by atoms with Crippen LogP contribution in [0.4, 0.5) is 5.82 Å². The molecule has 49 heavy (non-hydrogen) atoms. The number of hydrogen-bond acceptors (Lipinski definition) is 8. The molecule has 0 bridgehead atoms. The summed E-state index contributed by atoms with van der Waals surface area (Å²) in [4.78, 5) is 21.7. The molecule has 3 atom stereocenters. The van der Waals surface area contributed by atoms with E-state index in [4.69, 9.17) is 18.9 Å². The molecule has 6 aromatic rings. The van der Waals surface area contributed by atoms with Gasteiger partial charge in [0.25, 0.3) is 5.91 Å². The Morgan fingerprint density at radius 2 is 1.43 bits per heavy atom. The first-order chi connectivity index (χ1) is 24.0. The molecule has 0 unspecified atom stereocenters. The zero-order valence-electron chi connectivity index (χ0n) is 27.1. The third kappa shape index (κ3) is 6.25. The molecular weight excluding hydrogens is 620 g/mol. The van der Waals surface area contributed by atoms with E-state index in [1.54, 1.807) is 26.4 Å². The maximum absolute atomic E-state index is 12.9. The monoisotopic (exact) mass is 656 g/mol. The summed E-state index contributed by atoms with van der Waals surface area (Å²) < 4.78 is 26.3. The van der Waals surface area contributed by atoms with Gasteiger partial charge in [0, 0.05) is 18.2 Å². The molecule has 2 N–H and O–H groups in total. The van der Waals surface area contributed by atoms with Crippen molar-refractivity contribution < 1.29 is 28.8 Å². The van der Waals surface area contributed by atoms with Gasteiger partial charge in [-0.15, -0.1) is 0 Å². The summed E-state index contributed by atoms with van der Waals surface area (Å²) in [6.07, 6.45) is 1.56. The second-order valence-electron chi connectivity index (χ2n) is 11.8. The van der Waals surface area contributed by atoms with Gasteiger partial charge in [0.2, 0.25) is 0 Å². The lowest BCUT2D eigenvalue weighted by atomic mass is 9.80. The number of ether oxygens (including phenoxy) is 4. The summed E-state index contributed by atoms with van der Waals surface area (Å²) in [6.45, 7) is 0.0805. The summed E-state index contributed by atoms with van der Waals surface area (Å²) in [5, 5.41) is 14.9. The number of rotatable bonds is 11. The molecular formula is C39H36N4O6. The van der Waals surface area contributed by atoms with Crippen molar-refractivity contribution in [2.75, 3.05) is 26.1 Å². The molecule has 1 aliphatic heterocycles. The first kappa shape index (κ1) is 32.0. The molecule has 7 rings (SSSR count). The van der Waals surface area contributed by atoms with E-state index in [-0.39, 0.29) is 12.5 Å². The predicted octanol–water partition coefficient (Wildman–Crippen LogP) is 6.36. The van der Waals surface area contributed by atoms with Gasteiger partial charge in [-0.2, -0.15) is 0 Å². The van der Waals surface area contributed by atoms with Crippen LogP contribution in [-0.2, 0) is 15.1 Å². The van der Waals surface area contributed by atoms with E-state index in [2.05, 4.69) is 15.3 Å². The van der Waals surface area contributed by atoms with Crippen LogP contribution in [0.15, 0.2) is 128 Å². The molecule has 10 heteroatoms. The number of aromatic nitrogens is 3. The van der Waals surface area contributed by atoms with Crippen molar-refractivity contribution in [1.29, 1.82) is 0 Å². The van der Waals surface area contributed by atoms with E-state index in [1.807, 2.05) is 114 Å². The summed E-state index contributed by atoms with van der Waals surface area (Å²) >= 11 is 0. The molecule has 0 radical (unpaired) electrons. The van der Waals surface area contributed by atoms with E-state index in [1.165, 1.54) is 6.33 Å². The van der Waals surface area contributed by atoms with Crippen LogP contribution in [0, 0.1) is 0 Å². The third-order valence-corrected chi connectivity index (χ3v) is 8.93. The highest BCUT2D eigenvalue weighted by atomic mass is 16.6. The quantitative estimate of drug-likeness (QED) is 0.155. The van der Waals surface area contributed by atoms with Crippen molar-refractivity contribution in [3.63, 3.8) is 0 Å². The van der Waals surface area contributed by atoms with Gasteiger partial charge in [0.05, 0.1) is 32.3 Å². The van der Waals surface area contributed by atoms with Crippen LogP contribution in [-0.4, -0.2) is 58.6 Å². The molecule has 4 aromatic carbocycles. The van der Waals surface area contributed by atoms with Gasteiger partial charge < -0.3 is 33.9 Å². The zero-order valence-corrected chi connectivity index (χ0v) is 27.1. The highest BCUT2D eigenvalue weighted by molar-refractivity contribution is 6.07. The average Bonchev–Trinajstić information content (AvgIpc) is 3.76. The van der Waals surface area contributed by atoms with Crippen LogP contribution in [0.1, 0.15) is 39.7 Å². The first-order valence-electron chi connectivity index (χ1n) is 16.0. The largest absolute Gasteiger partial charge is 0.497 e. The number of hydrogen-bond donors (Lipinski definition) is 2. The normalized spacial score (nSPS) is 17.6. The van der Waals surface area contributed by atoms with E-state index in [0.717, 1.165) is 28.2 Å². The number of aliphatic hydroxyl groups is 1. The fraction of sp³-hybridized carbons (Fsp3) is 0.205. The lowest BCUT2D eigenvalue weighted by Crippen LogP contribution is -2.38. The molecule has 1 amide bonds. The van der Waals surface area contributed by atoms with E-state index in [9.17, 15) is 9.90 Å². The lowest BCUT2D eigenvalue weighted by molar-refractivity contribution is -0.0930. The lowest BCUT2D eigenvalue weighted by Gasteiger charge is -2.37. The number of aliphatic hydroxyl groups excluding tert-OH is 1. The highest BCUT2D eigenvalue weighted by Gasteiger charge is 2.42. The minimum Gasteiger partial charge on any atom is -0.497 e. The van der Waals surface area contributed by atoms with Crippen LogP contribution in [0.3, 0.4) is 0 Å². The SMILES string of the molecule is COc1ccc(C(OC[C@H]2O[C@@H](n3ccc4c(NC(=O)c5ccccc5)ncnc43)C[C@H]2O)(c2ccccc2)c2ccc(OC)cc2)cc1. The number of amides is 1. The maximum atomic E-state index is 12.9. The smallest absolute Gasteiger partial charge is 0.256 e. The van der Waals surface area contributed by atoms with Crippen molar-refractivity contribution in [2.45, 2.75) is 30.5 Å². The number of anilines is 1. The summed E-state index contributed by atoms with van der Waals surface area (Å²) in [5.41, 5.74) is 2.72. The number of nitrogens with one attached hydrogen (secondary N) is 1. The van der Waals surface area contributed by atoms with Crippen LogP contribution >= 0.6 is 0 Å². The second-order valence-corrected chi connectivity index (χ2v) is 11.8. The van der Waals surface area contributed by atoms with Crippen molar-refractivity contribution >= 4 is 22.8 Å². The van der Waals surface area contributed by atoms with Gasteiger partial charge in [0.1, 0.15) is 47.2 Å².